The van der Waals surface area contributed by atoms with Crippen molar-refractivity contribution in [2.75, 3.05) is 6.61 Å². The second-order valence-corrected chi connectivity index (χ2v) is 6.38. The van der Waals surface area contributed by atoms with Crippen molar-refractivity contribution < 1.29 is 22.7 Å². The highest BCUT2D eigenvalue weighted by Gasteiger charge is 2.29. The van der Waals surface area contributed by atoms with Crippen LogP contribution in [-0.2, 0) is 24.3 Å². The molecule has 0 aliphatic heterocycles. The molecule has 7 heteroatoms. The van der Waals surface area contributed by atoms with Crippen LogP contribution < -0.4 is 4.72 Å². The molecular weight excluding hydrogens is 318 g/mol. The number of nitrogens with one attached hydrogen (secondary N) is 1. The second kappa shape index (κ2) is 9.09. The monoisotopic (exact) mass is 339 g/mol. The Morgan fingerprint density at radius 1 is 1.22 bits per heavy atom. The maximum atomic E-state index is 12.1. The molecule has 0 bridgehead atoms. The summed E-state index contributed by atoms with van der Waals surface area (Å²) >= 11 is 0. The fourth-order valence-corrected chi connectivity index (χ4v) is 2.69. The molecule has 1 amide bonds. The molecule has 23 heavy (non-hydrogen) atoms. The van der Waals surface area contributed by atoms with E-state index in [2.05, 4.69) is 0 Å². The van der Waals surface area contributed by atoms with Gasteiger partial charge in [-0.25, -0.2) is 13.1 Å². The van der Waals surface area contributed by atoms with Crippen molar-refractivity contribution >= 4 is 28.0 Å². The number of carbonyl (C=O) groups excluding carboxylic acids is 2. The third kappa shape index (κ3) is 6.65. The lowest BCUT2D eigenvalue weighted by molar-refractivity contribution is -0.151. The Labute approximate surface area is 136 Å². The van der Waals surface area contributed by atoms with Gasteiger partial charge in [0.15, 0.2) is 0 Å². The highest BCUT2D eigenvalue weighted by Crippen LogP contribution is 2.10. The van der Waals surface area contributed by atoms with E-state index >= 15 is 0 Å². The van der Waals surface area contributed by atoms with Crippen molar-refractivity contribution in [1.29, 1.82) is 0 Å². The summed E-state index contributed by atoms with van der Waals surface area (Å²) in [5.74, 6) is -2.71. The van der Waals surface area contributed by atoms with Crippen LogP contribution in [0.25, 0.3) is 6.08 Å². The van der Waals surface area contributed by atoms with Crippen molar-refractivity contribution in [2.45, 2.75) is 26.7 Å². The van der Waals surface area contributed by atoms with Crippen LogP contribution >= 0.6 is 0 Å². The Balaban J connectivity index is 2.79. The number of amides is 1. The Morgan fingerprint density at radius 2 is 1.87 bits per heavy atom. The van der Waals surface area contributed by atoms with E-state index in [0.29, 0.717) is 12.0 Å². The lowest BCUT2D eigenvalue weighted by Crippen LogP contribution is -2.38. The van der Waals surface area contributed by atoms with Crippen LogP contribution in [0.4, 0.5) is 0 Å². The molecule has 0 fully saturated rings. The van der Waals surface area contributed by atoms with Gasteiger partial charge in [0, 0.05) is 0 Å². The standard InChI is InChI=1S/C16H21NO5S/c1-3-8-14(16(19)22-4-2)15(18)17-23(20,21)12-11-13-9-6-5-7-10-13/h5-7,9-12,14H,3-4,8H2,1-2H3,(H,17,18). The minimum absolute atomic E-state index is 0.132. The van der Waals surface area contributed by atoms with Gasteiger partial charge in [0.2, 0.25) is 5.91 Å². The van der Waals surface area contributed by atoms with Crippen LogP contribution in [0.5, 0.6) is 0 Å². The van der Waals surface area contributed by atoms with Gasteiger partial charge in [0.05, 0.1) is 12.0 Å². The molecule has 0 spiro atoms. The van der Waals surface area contributed by atoms with E-state index in [1.54, 1.807) is 38.1 Å². The summed E-state index contributed by atoms with van der Waals surface area (Å²) in [5, 5.41) is 0.897. The third-order valence-electron chi connectivity index (χ3n) is 2.95. The molecule has 126 valence electrons. The SMILES string of the molecule is CCCC(C(=O)NS(=O)(=O)C=Cc1ccccc1)C(=O)OCC. The summed E-state index contributed by atoms with van der Waals surface area (Å²) in [6, 6.07) is 8.80. The van der Waals surface area contributed by atoms with Crippen LogP contribution in [0.15, 0.2) is 35.7 Å². The van der Waals surface area contributed by atoms with E-state index in [1.807, 2.05) is 10.8 Å². The smallest absolute Gasteiger partial charge is 0.318 e. The number of ether oxygens (including phenoxy) is 1. The average Bonchev–Trinajstić information content (AvgIpc) is 2.51. The first-order chi connectivity index (χ1) is 10.9. The minimum atomic E-state index is -3.98. The maximum absolute atomic E-state index is 12.1. The quantitative estimate of drug-likeness (QED) is 0.578. The third-order valence-corrected chi connectivity index (χ3v) is 3.93. The molecule has 0 aromatic heterocycles. The van der Waals surface area contributed by atoms with Gasteiger partial charge in [0.25, 0.3) is 10.0 Å². The molecule has 1 N–H and O–H groups in total. The van der Waals surface area contributed by atoms with Crippen molar-refractivity contribution in [1.82, 2.24) is 4.72 Å². The molecule has 6 nitrogen and oxygen atoms in total. The summed E-state index contributed by atoms with van der Waals surface area (Å²) in [7, 11) is -3.98. The van der Waals surface area contributed by atoms with Crippen LogP contribution in [0.1, 0.15) is 32.3 Å². The molecule has 1 unspecified atom stereocenters. The van der Waals surface area contributed by atoms with Crippen molar-refractivity contribution in [3.05, 3.63) is 41.3 Å². The van der Waals surface area contributed by atoms with Gasteiger partial charge in [-0.05, 0) is 25.0 Å². The fourth-order valence-electron chi connectivity index (χ4n) is 1.87. The highest BCUT2D eigenvalue weighted by molar-refractivity contribution is 7.93. The fraction of sp³-hybridized carbons (Fsp3) is 0.375. The Hall–Kier alpha value is -2.15. The zero-order valence-corrected chi connectivity index (χ0v) is 14.0. The van der Waals surface area contributed by atoms with Gasteiger partial charge in [-0.2, -0.15) is 0 Å². The first-order valence-electron chi connectivity index (χ1n) is 7.36. The van der Waals surface area contributed by atoms with E-state index in [9.17, 15) is 18.0 Å². The Kier molecular flexibility index (Phi) is 7.47. The molecule has 0 aliphatic carbocycles. The number of hydrogen-bond donors (Lipinski definition) is 1. The van der Waals surface area contributed by atoms with E-state index in [1.165, 1.54) is 6.08 Å². The number of sulfonamides is 1. The maximum Gasteiger partial charge on any atom is 0.318 e. The summed E-state index contributed by atoms with van der Waals surface area (Å²) in [6.45, 7) is 3.55. The largest absolute Gasteiger partial charge is 0.465 e. The number of hydrogen-bond acceptors (Lipinski definition) is 5. The van der Waals surface area contributed by atoms with Crippen LogP contribution in [0, 0.1) is 5.92 Å². The first kappa shape index (κ1) is 18.9. The predicted molar refractivity (Wildman–Crippen MR) is 87.6 cm³/mol. The van der Waals surface area contributed by atoms with Gasteiger partial charge in [-0.3, -0.25) is 9.59 Å². The predicted octanol–water partition coefficient (Wildman–Crippen LogP) is 2.08. The molecule has 0 saturated carbocycles. The van der Waals surface area contributed by atoms with Crippen molar-refractivity contribution in [3.8, 4) is 0 Å². The van der Waals surface area contributed by atoms with E-state index in [-0.39, 0.29) is 13.0 Å². The normalized spacial score (nSPS) is 12.8. The molecule has 1 aromatic carbocycles. The zero-order chi connectivity index (χ0) is 17.3. The highest BCUT2D eigenvalue weighted by atomic mass is 32.2. The van der Waals surface area contributed by atoms with Crippen molar-refractivity contribution in [3.63, 3.8) is 0 Å². The summed E-state index contributed by atoms with van der Waals surface area (Å²) < 4.78 is 30.6. The lowest BCUT2D eigenvalue weighted by Gasteiger charge is -2.13. The van der Waals surface area contributed by atoms with Gasteiger partial charge in [0.1, 0.15) is 5.92 Å². The van der Waals surface area contributed by atoms with Crippen LogP contribution in [0.2, 0.25) is 0 Å². The van der Waals surface area contributed by atoms with Crippen LogP contribution in [0.3, 0.4) is 0 Å². The number of esters is 1. The molecule has 0 saturated heterocycles. The van der Waals surface area contributed by atoms with Crippen LogP contribution in [-0.4, -0.2) is 26.9 Å². The Bertz CT molecular complexity index is 652. The first-order valence-corrected chi connectivity index (χ1v) is 8.90. The van der Waals surface area contributed by atoms with Gasteiger partial charge in [-0.15, -0.1) is 0 Å². The van der Waals surface area contributed by atoms with Crippen molar-refractivity contribution in [2.24, 2.45) is 5.92 Å². The minimum Gasteiger partial charge on any atom is -0.465 e. The number of rotatable bonds is 8. The number of carbonyl (C=O) groups is 2. The lowest BCUT2D eigenvalue weighted by atomic mass is 10.0. The molecule has 1 rings (SSSR count). The average molecular weight is 339 g/mol. The number of benzene rings is 1. The van der Waals surface area contributed by atoms with Gasteiger partial charge < -0.3 is 4.74 Å². The molecule has 0 radical (unpaired) electrons. The Morgan fingerprint density at radius 3 is 2.43 bits per heavy atom. The molecular formula is C16H21NO5S. The summed E-state index contributed by atoms with van der Waals surface area (Å²) in [4.78, 5) is 23.8. The van der Waals surface area contributed by atoms with E-state index in [0.717, 1.165) is 5.41 Å². The molecule has 0 aliphatic rings. The zero-order valence-electron chi connectivity index (χ0n) is 13.2. The van der Waals surface area contributed by atoms with Gasteiger partial charge in [-0.1, -0.05) is 43.7 Å². The molecule has 0 heterocycles. The molecule has 1 aromatic rings. The van der Waals surface area contributed by atoms with E-state index in [4.69, 9.17) is 4.74 Å². The second-order valence-electron chi connectivity index (χ2n) is 4.82. The summed E-state index contributed by atoms with van der Waals surface area (Å²) in [6.07, 6.45) is 2.15. The topological polar surface area (TPSA) is 89.5 Å². The summed E-state index contributed by atoms with van der Waals surface area (Å²) in [5.41, 5.74) is 0.681. The van der Waals surface area contributed by atoms with E-state index < -0.39 is 27.8 Å². The van der Waals surface area contributed by atoms with Gasteiger partial charge >= 0.3 is 5.97 Å². The molecule has 1 atom stereocenters.